The normalized spacial score (nSPS) is 58.2. The van der Waals surface area contributed by atoms with Crippen LogP contribution in [-0.2, 0) is 42.6 Å². The lowest BCUT2D eigenvalue weighted by molar-refractivity contribution is -0.396. The number of ether oxygens (including phenoxy) is 9. The van der Waals surface area contributed by atoms with Gasteiger partial charge in [0.1, 0.15) is 79.4 Å². The van der Waals surface area contributed by atoms with Crippen LogP contribution in [0.1, 0.15) is 91.9 Å². The molecule has 10 fully saturated rings. The molecule has 5 saturated heterocycles. The summed E-state index contributed by atoms with van der Waals surface area (Å²) in [5.74, 6) is 1.54. The Bertz CT molecular complexity index is 1860. The molecule has 0 aromatic rings. The van der Waals surface area contributed by atoms with E-state index < -0.39 is 161 Å². The van der Waals surface area contributed by atoms with E-state index in [4.69, 9.17) is 42.6 Å². The number of aliphatic hydroxyl groups excluding tert-OH is 13. The van der Waals surface area contributed by atoms with Gasteiger partial charge in [0.15, 0.2) is 24.7 Å². The largest absolute Gasteiger partial charge is 0.396 e. The van der Waals surface area contributed by atoms with Gasteiger partial charge in [0.05, 0.1) is 56.9 Å². The van der Waals surface area contributed by atoms with Crippen molar-refractivity contribution in [3.63, 3.8) is 0 Å². The van der Waals surface area contributed by atoms with Crippen molar-refractivity contribution < 1.29 is 109 Å². The van der Waals surface area contributed by atoms with E-state index >= 15 is 0 Å². The molecule has 5 aliphatic carbocycles. The first-order valence-electron chi connectivity index (χ1n) is 27.2. The van der Waals surface area contributed by atoms with Crippen molar-refractivity contribution in [1.82, 2.24) is 0 Å². The van der Waals surface area contributed by atoms with Crippen LogP contribution < -0.4 is 0 Å². The van der Waals surface area contributed by atoms with Gasteiger partial charge in [0.2, 0.25) is 0 Å². The first-order valence-corrected chi connectivity index (χ1v) is 27.2. The Morgan fingerprint density at radius 3 is 1.92 bits per heavy atom. The van der Waals surface area contributed by atoms with E-state index in [1.165, 1.54) is 0 Å². The molecule has 73 heavy (non-hydrogen) atoms. The van der Waals surface area contributed by atoms with Crippen LogP contribution in [0, 0.1) is 58.2 Å². The summed E-state index contributed by atoms with van der Waals surface area (Å²) >= 11 is 0. The lowest BCUT2D eigenvalue weighted by atomic mass is 9.44. The van der Waals surface area contributed by atoms with Crippen molar-refractivity contribution in [2.75, 3.05) is 33.0 Å². The van der Waals surface area contributed by atoms with E-state index in [0.29, 0.717) is 48.3 Å². The van der Waals surface area contributed by atoms with Crippen LogP contribution in [0.4, 0.5) is 0 Å². The fourth-order valence-electron chi connectivity index (χ4n) is 16.4. The van der Waals surface area contributed by atoms with Crippen LogP contribution in [0.15, 0.2) is 0 Å². The third-order valence-corrected chi connectivity index (χ3v) is 20.6. The Hall–Kier alpha value is -0.880. The standard InChI is InChI=1S/C51H84O22/c1-20-7-10-51(66-18-20)21(2)34-30(73-51)13-26-24-6-5-23-12-29(27(55)14-50(23,4)25(24)8-9-49(26,34)3)67-31-11-22(15-52)43(40(62)36(31)58)70-48-45(72-47-42(64)39(61)37(59)32(16-53)68-47)44(38(60)33(17-54)69-48)71-46-41(63)35(57)28(56)19-65-46/h20-48,52-64H,5-19H2,1-4H3/t20?,21-,22+,23-,24?,25?,26?,27+,28+,29+,30?,31+,32+,33+,34?,35-,36-,37+,38+,39-,40+,41-,42+,43-,44-,45+,46-,47-,48-,49-,50-,51+/m0/s1. The van der Waals surface area contributed by atoms with Crippen molar-refractivity contribution in [2.45, 2.75) is 226 Å². The Balaban J connectivity index is 0.824. The SMILES string of the molecule is CC1CC[C@@]2(OC1)OC1CC3C4CC[C@H]5C[C@@H](O[C@@H]6C[C@H](CO)[C@H](O[C@@H]7O[C@H](CO)[C@@H](O)[C@H](O[C@@H]8OC[C@@H](O)[C@H](O)[C@@H]8O)[C@H]7O[C@@H]7O[C@H](CO)[C@@H](O)[C@H](O)[C@H]7O)[C@H](O)[C@H]6O)[C@H](O)C[C@]5(C)C4CC[C@]3(C)C1[C@@H]2C. The number of hydrogen-bond acceptors (Lipinski definition) is 22. The van der Waals surface area contributed by atoms with Crippen LogP contribution in [-0.4, -0.2) is 234 Å². The lowest BCUT2D eigenvalue weighted by Gasteiger charge is -2.62. The van der Waals surface area contributed by atoms with Gasteiger partial charge in [-0.15, -0.1) is 0 Å². The van der Waals surface area contributed by atoms with Crippen molar-refractivity contribution in [1.29, 1.82) is 0 Å². The van der Waals surface area contributed by atoms with Crippen LogP contribution in [0.3, 0.4) is 0 Å². The zero-order valence-corrected chi connectivity index (χ0v) is 42.3. The highest BCUT2D eigenvalue weighted by Crippen LogP contribution is 2.71. The molecule has 0 amide bonds. The molecule has 5 aliphatic heterocycles. The minimum atomic E-state index is -1.99. The van der Waals surface area contributed by atoms with E-state index in [1.807, 2.05) is 0 Å². The van der Waals surface area contributed by atoms with E-state index in [1.54, 1.807) is 0 Å². The van der Waals surface area contributed by atoms with Crippen molar-refractivity contribution in [2.24, 2.45) is 58.2 Å². The van der Waals surface area contributed by atoms with Crippen molar-refractivity contribution in [3.8, 4) is 0 Å². The fraction of sp³-hybridized carbons (Fsp3) is 1.00. The Kier molecular flexibility index (Phi) is 16.2. The Morgan fingerprint density at radius 2 is 1.22 bits per heavy atom. The first-order chi connectivity index (χ1) is 34.7. The minimum Gasteiger partial charge on any atom is -0.396 e. The molecular weight excluding hydrogens is 965 g/mol. The second-order valence-corrected chi connectivity index (χ2v) is 24.5. The Labute approximate surface area is 425 Å². The average Bonchev–Trinajstić information content (AvgIpc) is 3.82. The average molecular weight is 1050 g/mol. The molecule has 6 unspecified atom stereocenters. The molecule has 32 atom stereocenters. The topological polar surface area (TPSA) is 346 Å². The van der Waals surface area contributed by atoms with Gasteiger partial charge in [-0.1, -0.05) is 27.7 Å². The van der Waals surface area contributed by atoms with E-state index in [9.17, 15) is 66.4 Å². The molecule has 10 aliphatic rings. The molecule has 0 bridgehead atoms. The zero-order chi connectivity index (χ0) is 52.2. The van der Waals surface area contributed by atoms with Crippen molar-refractivity contribution >= 4 is 0 Å². The molecule has 5 saturated carbocycles. The lowest BCUT2D eigenvalue weighted by Crippen LogP contribution is -2.68. The van der Waals surface area contributed by atoms with Gasteiger partial charge in [0, 0.05) is 24.9 Å². The zero-order valence-electron chi connectivity index (χ0n) is 42.3. The molecule has 420 valence electrons. The van der Waals surface area contributed by atoms with Crippen LogP contribution >= 0.6 is 0 Å². The molecular formula is C51H84O22. The van der Waals surface area contributed by atoms with Crippen LogP contribution in [0.25, 0.3) is 0 Å². The first kappa shape index (κ1) is 55.4. The molecule has 1 spiro atoms. The Morgan fingerprint density at radius 1 is 0.534 bits per heavy atom. The summed E-state index contributed by atoms with van der Waals surface area (Å²) in [5.41, 5.74) is 0.000804. The molecule has 0 aromatic carbocycles. The monoisotopic (exact) mass is 1050 g/mol. The van der Waals surface area contributed by atoms with Gasteiger partial charge in [-0.2, -0.15) is 0 Å². The van der Waals surface area contributed by atoms with E-state index in [0.717, 1.165) is 51.6 Å². The summed E-state index contributed by atoms with van der Waals surface area (Å²) in [6.45, 7) is 7.38. The van der Waals surface area contributed by atoms with Gasteiger partial charge >= 0.3 is 0 Å². The second kappa shape index (κ2) is 21.3. The second-order valence-electron chi connectivity index (χ2n) is 24.5. The molecule has 0 radical (unpaired) electrons. The predicted molar refractivity (Wildman–Crippen MR) is 247 cm³/mol. The quantitative estimate of drug-likeness (QED) is 0.101. The summed E-state index contributed by atoms with van der Waals surface area (Å²) < 4.78 is 55.5. The maximum absolute atomic E-state index is 12.0. The smallest absolute Gasteiger partial charge is 0.187 e. The fourth-order valence-corrected chi connectivity index (χ4v) is 16.4. The molecule has 13 N–H and O–H groups in total. The molecule has 10 rings (SSSR count). The third kappa shape index (κ3) is 9.50. The number of rotatable bonds is 11. The minimum absolute atomic E-state index is 0.0665. The number of fused-ring (bicyclic) bond motifs is 7. The van der Waals surface area contributed by atoms with E-state index in [-0.39, 0.29) is 29.3 Å². The van der Waals surface area contributed by atoms with Gasteiger partial charge < -0.3 is 109 Å². The molecule has 5 heterocycles. The summed E-state index contributed by atoms with van der Waals surface area (Å²) in [6, 6.07) is 0. The predicted octanol–water partition coefficient (Wildman–Crippen LogP) is -2.64. The molecule has 0 aromatic heterocycles. The maximum Gasteiger partial charge on any atom is 0.187 e. The summed E-state index contributed by atoms with van der Waals surface area (Å²) in [7, 11) is 0. The van der Waals surface area contributed by atoms with Crippen molar-refractivity contribution in [3.05, 3.63) is 0 Å². The third-order valence-electron chi connectivity index (χ3n) is 20.6. The maximum atomic E-state index is 12.0. The highest BCUT2D eigenvalue weighted by atomic mass is 16.8. The summed E-state index contributed by atoms with van der Waals surface area (Å²) in [4.78, 5) is 0. The van der Waals surface area contributed by atoms with E-state index in [2.05, 4.69) is 27.7 Å². The van der Waals surface area contributed by atoms with Gasteiger partial charge in [-0.25, -0.2) is 0 Å². The highest BCUT2D eigenvalue weighted by Gasteiger charge is 2.70. The van der Waals surface area contributed by atoms with Gasteiger partial charge in [-0.3, -0.25) is 0 Å². The van der Waals surface area contributed by atoms with Crippen LogP contribution in [0.5, 0.6) is 0 Å². The van der Waals surface area contributed by atoms with Gasteiger partial charge in [0.25, 0.3) is 0 Å². The van der Waals surface area contributed by atoms with Gasteiger partial charge in [-0.05, 0) is 104 Å². The molecule has 22 nitrogen and oxygen atoms in total. The summed E-state index contributed by atoms with van der Waals surface area (Å²) in [6.07, 6.45) is -23.8. The molecule has 22 heteroatoms. The highest BCUT2D eigenvalue weighted by molar-refractivity contribution is 5.16. The van der Waals surface area contributed by atoms with Crippen LogP contribution in [0.2, 0.25) is 0 Å². The summed E-state index contributed by atoms with van der Waals surface area (Å²) in [5, 5.41) is 142. The number of hydrogen-bond donors (Lipinski definition) is 13. The number of aliphatic hydroxyl groups is 13.